The maximum atomic E-state index is 13.4. The van der Waals surface area contributed by atoms with Gasteiger partial charge in [0.05, 0.1) is 24.7 Å². The van der Waals surface area contributed by atoms with E-state index in [1.165, 1.54) is 23.1 Å². The molecule has 5 rings (SSSR count). The van der Waals surface area contributed by atoms with Crippen molar-refractivity contribution in [1.29, 1.82) is 0 Å². The van der Waals surface area contributed by atoms with Gasteiger partial charge in [0, 0.05) is 41.6 Å². The number of amides is 1. The molecular formula is C22H19FN6O2. The van der Waals surface area contributed by atoms with Crippen LogP contribution >= 0.6 is 0 Å². The van der Waals surface area contributed by atoms with Crippen molar-refractivity contribution in [3.63, 3.8) is 0 Å². The molecule has 0 fully saturated rings. The first-order valence-electron chi connectivity index (χ1n) is 9.98. The predicted molar refractivity (Wildman–Crippen MR) is 111 cm³/mol. The minimum absolute atomic E-state index is 0.0758. The molecule has 1 aliphatic rings. The van der Waals surface area contributed by atoms with Crippen LogP contribution in [0.15, 0.2) is 55.0 Å². The summed E-state index contributed by atoms with van der Waals surface area (Å²) in [5.74, 6) is 0.377. The SMILES string of the molecule is O=C(CCn1cnnn1)NC1CCOc2ccc(-c3cnc4cc(F)ccc4c3)cc21. The number of carbonyl (C=O) groups is 1. The number of pyridine rings is 1. The maximum absolute atomic E-state index is 13.4. The number of carbonyl (C=O) groups excluding carboxylic acids is 1. The average molecular weight is 418 g/mol. The van der Waals surface area contributed by atoms with Crippen LogP contribution in [0.25, 0.3) is 22.0 Å². The van der Waals surface area contributed by atoms with Gasteiger partial charge in [-0.2, -0.15) is 0 Å². The lowest BCUT2D eigenvalue weighted by Crippen LogP contribution is -2.32. The van der Waals surface area contributed by atoms with Crippen LogP contribution in [-0.4, -0.2) is 37.7 Å². The van der Waals surface area contributed by atoms with E-state index in [0.29, 0.717) is 25.1 Å². The first-order chi connectivity index (χ1) is 15.2. The van der Waals surface area contributed by atoms with Gasteiger partial charge in [0.2, 0.25) is 5.91 Å². The summed E-state index contributed by atoms with van der Waals surface area (Å²) in [5.41, 5.74) is 3.41. The fourth-order valence-electron chi connectivity index (χ4n) is 3.74. The Balaban J connectivity index is 1.38. The lowest BCUT2D eigenvalue weighted by molar-refractivity contribution is -0.122. The Bertz CT molecular complexity index is 1240. The van der Waals surface area contributed by atoms with Crippen molar-refractivity contribution in [2.24, 2.45) is 0 Å². The van der Waals surface area contributed by atoms with Gasteiger partial charge in [-0.1, -0.05) is 6.07 Å². The molecule has 2 aromatic heterocycles. The van der Waals surface area contributed by atoms with Crippen molar-refractivity contribution in [3.8, 4) is 16.9 Å². The van der Waals surface area contributed by atoms with Crippen LogP contribution in [0, 0.1) is 5.82 Å². The summed E-state index contributed by atoms with van der Waals surface area (Å²) in [6.45, 7) is 0.950. The van der Waals surface area contributed by atoms with Gasteiger partial charge in [-0.05, 0) is 46.3 Å². The summed E-state index contributed by atoms with van der Waals surface area (Å²) in [7, 11) is 0. The fraction of sp³-hybridized carbons (Fsp3) is 0.227. The smallest absolute Gasteiger partial charge is 0.222 e. The van der Waals surface area contributed by atoms with Crippen molar-refractivity contribution in [3.05, 3.63) is 66.4 Å². The van der Waals surface area contributed by atoms with Gasteiger partial charge in [-0.3, -0.25) is 9.78 Å². The van der Waals surface area contributed by atoms with E-state index < -0.39 is 0 Å². The van der Waals surface area contributed by atoms with E-state index in [0.717, 1.165) is 27.8 Å². The zero-order chi connectivity index (χ0) is 21.2. The molecule has 0 saturated heterocycles. The topological polar surface area (TPSA) is 94.8 Å². The molecule has 0 saturated carbocycles. The first kappa shape index (κ1) is 19.1. The summed E-state index contributed by atoms with van der Waals surface area (Å²) < 4.78 is 20.7. The highest BCUT2D eigenvalue weighted by molar-refractivity contribution is 5.84. The van der Waals surface area contributed by atoms with Crippen LogP contribution in [0.2, 0.25) is 0 Å². The zero-order valence-electron chi connectivity index (χ0n) is 16.5. The Labute approximate surface area is 177 Å². The summed E-state index contributed by atoms with van der Waals surface area (Å²) in [4.78, 5) is 16.9. The number of hydrogen-bond donors (Lipinski definition) is 1. The third-order valence-electron chi connectivity index (χ3n) is 5.32. The molecule has 31 heavy (non-hydrogen) atoms. The minimum atomic E-state index is -0.308. The minimum Gasteiger partial charge on any atom is -0.493 e. The molecule has 3 heterocycles. The molecule has 4 aromatic rings. The van der Waals surface area contributed by atoms with Crippen LogP contribution in [-0.2, 0) is 11.3 Å². The molecule has 1 unspecified atom stereocenters. The van der Waals surface area contributed by atoms with Crippen LogP contribution in [0.1, 0.15) is 24.4 Å². The van der Waals surface area contributed by atoms with Crippen molar-refractivity contribution < 1.29 is 13.9 Å². The van der Waals surface area contributed by atoms with Gasteiger partial charge in [0.25, 0.3) is 0 Å². The number of hydrogen-bond acceptors (Lipinski definition) is 6. The summed E-state index contributed by atoms with van der Waals surface area (Å²) in [6, 6.07) is 12.3. The molecule has 1 N–H and O–H groups in total. The average Bonchev–Trinajstić information content (AvgIpc) is 3.31. The van der Waals surface area contributed by atoms with E-state index in [1.54, 1.807) is 12.3 Å². The molecule has 0 bridgehead atoms. The fourth-order valence-corrected chi connectivity index (χ4v) is 3.74. The highest BCUT2D eigenvalue weighted by Crippen LogP contribution is 2.36. The first-order valence-corrected chi connectivity index (χ1v) is 9.98. The lowest BCUT2D eigenvalue weighted by atomic mass is 9.95. The maximum Gasteiger partial charge on any atom is 0.222 e. The van der Waals surface area contributed by atoms with Crippen LogP contribution in [0.5, 0.6) is 5.75 Å². The Morgan fingerprint density at radius 3 is 3.00 bits per heavy atom. The van der Waals surface area contributed by atoms with Gasteiger partial charge in [0.15, 0.2) is 0 Å². The number of nitrogens with one attached hydrogen (secondary N) is 1. The zero-order valence-corrected chi connectivity index (χ0v) is 16.5. The Morgan fingerprint density at radius 2 is 2.13 bits per heavy atom. The summed E-state index contributed by atoms with van der Waals surface area (Å²) >= 11 is 0. The number of ether oxygens (including phenoxy) is 1. The number of aromatic nitrogens is 5. The third kappa shape index (κ3) is 4.07. The van der Waals surface area contributed by atoms with Crippen LogP contribution < -0.4 is 10.1 Å². The van der Waals surface area contributed by atoms with E-state index in [1.807, 2.05) is 24.3 Å². The van der Waals surface area contributed by atoms with E-state index in [4.69, 9.17) is 4.74 Å². The second-order valence-electron chi connectivity index (χ2n) is 7.39. The highest BCUT2D eigenvalue weighted by Gasteiger charge is 2.23. The van der Waals surface area contributed by atoms with E-state index in [2.05, 4.69) is 25.8 Å². The molecule has 0 radical (unpaired) electrons. The molecule has 8 nitrogen and oxygen atoms in total. The molecule has 1 aliphatic heterocycles. The second kappa shape index (κ2) is 8.10. The number of tetrazole rings is 1. The molecule has 9 heteroatoms. The third-order valence-corrected chi connectivity index (χ3v) is 5.32. The standard InChI is InChI=1S/C22H19FN6O2/c23-17-3-1-15-9-16(12-24-20(15)11-17)14-2-4-21-18(10-14)19(6-8-31-21)26-22(30)5-7-29-13-25-27-28-29/h1-4,9-13,19H,5-8H2,(H,26,30). The lowest BCUT2D eigenvalue weighted by Gasteiger charge is -2.27. The van der Waals surface area contributed by atoms with Crippen LogP contribution in [0.3, 0.4) is 0 Å². The van der Waals surface area contributed by atoms with Gasteiger partial charge in [-0.15, -0.1) is 5.10 Å². The monoisotopic (exact) mass is 418 g/mol. The number of aryl methyl sites for hydroxylation is 1. The van der Waals surface area contributed by atoms with Crippen molar-refractivity contribution in [2.75, 3.05) is 6.61 Å². The van der Waals surface area contributed by atoms with Crippen LogP contribution in [0.4, 0.5) is 4.39 Å². The van der Waals surface area contributed by atoms with Crippen molar-refractivity contribution >= 4 is 16.8 Å². The molecule has 0 spiro atoms. The van der Waals surface area contributed by atoms with E-state index in [-0.39, 0.29) is 24.2 Å². The van der Waals surface area contributed by atoms with Gasteiger partial charge < -0.3 is 10.1 Å². The second-order valence-corrected chi connectivity index (χ2v) is 7.39. The number of nitrogens with zero attached hydrogens (tertiary/aromatic N) is 5. The molecule has 2 aromatic carbocycles. The molecule has 0 aliphatic carbocycles. The number of rotatable bonds is 5. The normalized spacial score (nSPS) is 15.3. The molecule has 1 atom stereocenters. The van der Waals surface area contributed by atoms with Gasteiger partial charge in [0.1, 0.15) is 17.9 Å². The van der Waals surface area contributed by atoms with Gasteiger partial charge in [-0.25, -0.2) is 9.07 Å². The largest absolute Gasteiger partial charge is 0.493 e. The van der Waals surface area contributed by atoms with Crippen molar-refractivity contribution in [2.45, 2.75) is 25.4 Å². The molecular weight excluding hydrogens is 399 g/mol. The Kier molecular flexibility index (Phi) is 4.99. The summed E-state index contributed by atoms with van der Waals surface area (Å²) in [6.07, 6.45) is 4.17. The van der Waals surface area contributed by atoms with Crippen molar-refractivity contribution in [1.82, 2.24) is 30.5 Å². The molecule has 156 valence electrons. The quantitative estimate of drug-likeness (QED) is 0.535. The van der Waals surface area contributed by atoms with Gasteiger partial charge >= 0.3 is 0 Å². The predicted octanol–water partition coefficient (Wildman–Crippen LogP) is 3.06. The Hall–Kier alpha value is -3.88. The number of fused-ring (bicyclic) bond motifs is 2. The van der Waals surface area contributed by atoms with E-state index in [9.17, 15) is 9.18 Å². The summed E-state index contributed by atoms with van der Waals surface area (Å²) in [5, 5.41) is 14.9. The Morgan fingerprint density at radius 1 is 1.19 bits per heavy atom. The molecule has 1 amide bonds. The number of benzene rings is 2. The highest BCUT2D eigenvalue weighted by atomic mass is 19.1. The number of halogens is 1. The van der Waals surface area contributed by atoms with E-state index >= 15 is 0 Å².